The third-order valence-corrected chi connectivity index (χ3v) is 1.98. The van der Waals surface area contributed by atoms with Crippen LogP contribution in [-0.2, 0) is 0 Å². The van der Waals surface area contributed by atoms with Crippen molar-refractivity contribution in [2.75, 3.05) is 20.6 Å². The minimum absolute atomic E-state index is 0.872. The first kappa shape index (κ1) is 11.0. The molecule has 0 rings (SSSR count). The average Bonchev–Trinajstić information content (AvgIpc) is 1.86. The van der Waals surface area contributed by atoms with Crippen LogP contribution in [0.4, 0.5) is 0 Å². The monoisotopic (exact) mass is 157 g/mol. The molecule has 0 heterocycles. The smallest absolute Gasteiger partial charge is 0.0000920 e. The van der Waals surface area contributed by atoms with Crippen LogP contribution >= 0.6 is 0 Å². The van der Waals surface area contributed by atoms with Crippen LogP contribution in [0, 0.1) is 5.92 Å². The lowest BCUT2D eigenvalue weighted by atomic mass is 10.0. The highest BCUT2D eigenvalue weighted by Gasteiger charge is 2.01. The van der Waals surface area contributed by atoms with E-state index in [1.807, 2.05) is 0 Å². The van der Waals surface area contributed by atoms with Gasteiger partial charge in [-0.05, 0) is 26.4 Å². The highest BCUT2D eigenvalue weighted by molar-refractivity contribution is 4.55. The fourth-order valence-electron chi connectivity index (χ4n) is 1.46. The van der Waals surface area contributed by atoms with Crippen molar-refractivity contribution < 1.29 is 0 Å². The molecule has 0 aromatic carbocycles. The molecule has 0 spiro atoms. The summed E-state index contributed by atoms with van der Waals surface area (Å²) in [4.78, 5) is 2.27. The summed E-state index contributed by atoms with van der Waals surface area (Å²) >= 11 is 0. The summed E-state index contributed by atoms with van der Waals surface area (Å²) in [6.07, 6.45) is 5.55. The first-order valence-corrected chi connectivity index (χ1v) is 4.81. The van der Waals surface area contributed by atoms with Gasteiger partial charge in [0, 0.05) is 6.54 Å². The molecule has 0 bridgehead atoms. The van der Waals surface area contributed by atoms with Crippen LogP contribution in [0.3, 0.4) is 0 Å². The summed E-state index contributed by atoms with van der Waals surface area (Å²) in [5.41, 5.74) is 0. The maximum Gasteiger partial charge on any atom is 0.0000920 e. The largest absolute Gasteiger partial charge is 0.309 e. The molecule has 0 fully saturated rings. The summed E-state index contributed by atoms with van der Waals surface area (Å²) in [7, 11) is 4.30. The van der Waals surface area contributed by atoms with Crippen molar-refractivity contribution in [2.45, 2.75) is 39.5 Å². The molecule has 0 aromatic rings. The second-order valence-electron chi connectivity index (χ2n) is 3.86. The average molecular weight is 157 g/mol. The van der Waals surface area contributed by atoms with Gasteiger partial charge in [-0.3, -0.25) is 0 Å². The summed E-state index contributed by atoms with van der Waals surface area (Å²) < 4.78 is 0. The Morgan fingerprint density at radius 2 is 1.82 bits per heavy atom. The van der Waals surface area contributed by atoms with Crippen LogP contribution in [-0.4, -0.2) is 25.5 Å². The highest BCUT2D eigenvalue weighted by atomic mass is 15.1. The summed E-state index contributed by atoms with van der Waals surface area (Å²) in [6.45, 7) is 5.84. The molecule has 0 saturated heterocycles. The molecule has 0 aliphatic carbocycles. The van der Waals surface area contributed by atoms with Gasteiger partial charge in [0.1, 0.15) is 0 Å². The Hall–Kier alpha value is -0.0400. The van der Waals surface area contributed by atoms with E-state index < -0.39 is 0 Å². The van der Waals surface area contributed by atoms with Crippen molar-refractivity contribution in [3.63, 3.8) is 0 Å². The Morgan fingerprint density at radius 3 is 2.27 bits per heavy atom. The zero-order valence-electron chi connectivity index (χ0n) is 8.56. The van der Waals surface area contributed by atoms with Crippen molar-refractivity contribution >= 4 is 0 Å². The molecule has 0 radical (unpaired) electrons. The van der Waals surface area contributed by atoms with Crippen LogP contribution in [0.15, 0.2) is 0 Å². The fraction of sp³-hybridized carbons (Fsp3) is 1.00. The van der Waals surface area contributed by atoms with E-state index in [-0.39, 0.29) is 0 Å². The molecule has 0 amide bonds. The summed E-state index contributed by atoms with van der Waals surface area (Å²) in [6, 6.07) is 0. The molecule has 68 valence electrons. The van der Waals surface area contributed by atoms with Gasteiger partial charge in [-0.25, -0.2) is 0 Å². The van der Waals surface area contributed by atoms with Crippen LogP contribution in [0.25, 0.3) is 0 Å². The van der Waals surface area contributed by atoms with Crippen LogP contribution in [0.5, 0.6) is 0 Å². The Bertz CT molecular complexity index is 78.9. The predicted octanol–water partition coefficient (Wildman–Crippen LogP) is 2.76. The highest BCUT2D eigenvalue weighted by Crippen LogP contribution is 2.09. The van der Waals surface area contributed by atoms with E-state index in [9.17, 15) is 0 Å². The summed E-state index contributed by atoms with van der Waals surface area (Å²) in [5.74, 6) is 0.872. The van der Waals surface area contributed by atoms with Gasteiger partial charge in [-0.1, -0.05) is 33.1 Å². The zero-order valence-corrected chi connectivity index (χ0v) is 8.56. The van der Waals surface area contributed by atoms with Crippen molar-refractivity contribution in [1.29, 1.82) is 0 Å². The van der Waals surface area contributed by atoms with Crippen LogP contribution in [0.1, 0.15) is 39.5 Å². The molecule has 1 nitrogen and oxygen atoms in total. The minimum Gasteiger partial charge on any atom is -0.309 e. The Morgan fingerprint density at radius 1 is 1.18 bits per heavy atom. The molecule has 1 atom stereocenters. The van der Waals surface area contributed by atoms with Crippen molar-refractivity contribution in [1.82, 2.24) is 4.90 Å². The normalized spacial score (nSPS) is 13.9. The van der Waals surface area contributed by atoms with Gasteiger partial charge in [0.25, 0.3) is 0 Å². The number of rotatable bonds is 6. The van der Waals surface area contributed by atoms with E-state index in [2.05, 4.69) is 32.8 Å². The zero-order chi connectivity index (χ0) is 8.69. The fourth-order valence-corrected chi connectivity index (χ4v) is 1.46. The Labute approximate surface area is 71.8 Å². The van der Waals surface area contributed by atoms with Crippen LogP contribution < -0.4 is 0 Å². The van der Waals surface area contributed by atoms with Gasteiger partial charge in [0.15, 0.2) is 0 Å². The lowest BCUT2D eigenvalue weighted by Gasteiger charge is -2.16. The number of unbranched alkanes of at least 4 members (excludes halogenated alkanes) is 2. The van der Waals surface area contributed by atoms with Gasteiger partial charge in [0.05, 0.1) is 0 Å². The topological polar surface area (TPSA) is 3.24 Å². The van der Waals surface area contributed by atoms with Gasteiger partial charge < -0.3 is 4.90 Å². The van der Waals surface area contributed by atoms with Crippen molar-refractivity contribution in [2.24, 2.45) is 5.92 Å². The molecule has 0 N–H and O–H groups in total. The van der Waals surface area contributed by atoms with E-state index in [0.717, 1.165) is 5.92 Å². The molecule has 1 unspecified atom stereocenters. The van der Waals surface area contributed by atoms with E-state index in [4.69, 9.17) is 0 Å². The molecule has 0 aliphatic rings. The van der Waals surface area contributed by atoms with E-state index >= 15 is 0 Å². The number of hydrogen-bond donors (Lipinski definition) is 0. The second kappa shape index (κ2) is 6.66. The van der Waals surface area contributed by atoms with E-state index in [1.54, 1.807) is 0 Å². The number of hydrogen-bond acceptors (Lipinski definition) is 1. The van der Waals surface area contributed by atoms with Crippen LogP contribution in [0.2, 0.25) is 0 Å². The minimum atomic E-state index is 0.872. The van der Waals surface area contributed by atoms with Gasteiger partial charge in [0.2, 0.25) is 0 Å². The standard InChI is InChI=1S/C10H23N/c1-5-6-7-8-10(2)9-11(3)4/h10H,5-9H2,1-4H3. The molecular weight excluding hydrogens is 134 g/mol. The lowest BCUT2D eigenvalue weighted by molar-refractivity contribution is 0.322. The first-order valence-electron chi connectivity index (χ1n) is 4.81. The molecule has 1 heteroatoms. The molecule has 11 heavy (non-hydrogen) atoms. The molecule has 0 aromatic heterocycles. The third-order valence-electron chi connectivity index (χ3n) is 1.98. The Balaban J connectivity index is 3.15. The SMILES string of the molecule is CCCCCC(C)CN(C)C. The molecule has 0 aliphatic heterocycles. The summed E-state index contributed by atoms with van der Waals surface area (Å²) in [5, 5.41) is 0. The maximum absolute atomic E-state index is 2.34. The van der Waals surface area contributed by atoms with E-state index in [1.165, 1.54) is 32.2 Å². The maximum atomic E-state index is 2.34. The molecule has 0 saturated carbocycles. The third kappa shape index (κ3) is 7.86. The Kier molecular flexibility index (Phi) is 6.63. The predicted molar refractivity (Wildman–Crippen MR) is 51.9 cm³/mol. The first-order chi connectivity index (χ1) is 5.16. The van der Waals surface area contributed by atoms with Crippen molar-refractivity contribution in [3.05, 3.63) is 0 Å². The lowest BCUT2D eigenvalue weighted by Crippen LogP contribution is -2.19. The van der Waals surface area contributed by atoms with Gasteiger partial charge in [-0.2, -0.15) is 0 Å². The second-order valence-corrected chi connectivity index (χ2v) is 3.86. The molecular formula is C10H23N. The quantitative estimate of drug-likeness (QED) is 0.536. The van der Waals surface area contributed by atoms with Crippen molar-refractivity contribution in [3.8, 4) is 0 Å². The van der Waals surface area contributed by atoms with Gasteiger partial charge in [-0.15, -0.1) is 0 Å². The van der Waals surface area contributed by atoms with E-state index in [0.29, 0.717) is 0 Å². The van der Waals surface area contributed by atoms with Gasteiger partial charge >= 0.3 is 0 Å². The number of nitrogens with zero attached hydrogens (tertiary/aromatic N) is 1.